The van der Waals surface area contributed by atoms with Gasteiger partial charge in [-0.05, 0) is 25.3 Å². The molecule has 2 aliphatic rings. The van der Waals surface area contributed by atoms with E-state index in [9.17, 15) is 9.18 Å². The van der Waals surface area contributed by atoms with E-state index in [0.717, 1.165) is 32.1 Å². The number of carbonyl (C=O) groups excluding carboxylic acids is 1. The highest BCUT2D eigenvalue weighted by Crippen LogP contribution is 2.30. The van der Waals surface area contributed by atoms with Gasteiger partial charge in [0.2, 0.25) is 0 Å². The zero-order valence-corrected chi connectivity index (χ0v) is 10.7. The summed E-state index contributed by atoms with van der Waals surface area (Å²) in [6.07, 6.45) is 5.57. The summed E-state index contributed by atoms with van der Waals surface area (Å²) in [6.45, 7) is 2.14. The van der Waals surface area contributed by atoms with Crippen molar-refractivity contribution in [1.82, 2.24) is 9.88 Å². The Hall–Kier alpha value is -1.49. The lowest BCUT2D eigenvalue weighted by Crippen LogP contribution is -2.37. The lowest BCUT2D eigenvalue weighted by molar-refractivity contribution is 0.0701. The summed E-state index contributed by atoms with van der Waals surface area (Å²) in [6, 6.07) is 1.73. The number of hydrogen-bond acceptors (Lipinski definition) is 3. The molecule has 0 N–H and O–H groups in total. The second-order valence-corrected chi connectivity index (χ2v) is 5.27. The Kier molecular flexibility index (Phi) is 3.46. The molecule has 1 aromatic heterocycles. The fourth-order valence-electron chi connectivity index (χ4n) is 2.49. The predicted molar refractivity (Wildman–Crippen MR) is 67.2 cm³/mol. The fourth-order valence-corrected chi connectivity index (χ4v) is 2.49. The summed E-state index contributed by atoms with van der Waals surface area (Å²) in [5.41, 5.74) is 0.126. The normalized spacial score (nSPS) is 22.5. The zero-order chi connectivity index (χ0) is 13.2. The van der Waals surface area contributed by atoms with E-state index in [1.807, 2.05) is 4.90 Å². The average Bonchev–Trinajstić information content (AvgIpc) is 3.13. The number of halogens is 1. The number of pyridine rings is 1. The highest BCUT2D eigenvalue weighted by molar-refractivity contribution is 5.94. The van der Waals surface area contributed by atoms with Crippen molar-refractivity contribution < 1.29 is 13.9 Å². The van der Waals surface area contributed by atoms with Gasteiger partial charge in [-0.25, -0.2) is 4.39 Å². The first-order chi connectivity index (χ1) is 9.25. The molecular weight excluding hydrogens is 247 g/mol. The van der Waals surface area contributed by atoms with Gasteiger partial charge in [-0.2, -0.15) is 0 Å². The summed E-state index contributed by atoms with van der Waals surface area (Å²) >= 11 is 0. The molecule has 0 spiro atoms. The van der Waals surface area contributed by atoms with E-state index in [-0.39, 0.29) is 17.5 Å². The minimum atomic E-state index is -0.541. The predicted octanol–water partition coefficient (Wildman–Crippen LogP) is 1.86. The van der Waals surface area contributed by atoms with Gasteiger partial charge < -0.3 is 9.64 Å². The van der Waals surface area contributed by atoms with Crippen molar-refractivity contribution >= 4 is 5.91 Å². The number of hydrogen-bond donors (Lipinski definition) is 0. The molecular formula is C14H17FN2O2. The van der Waals surface area contributed by atoms with Crippen LogP contribution in [0.2, 0.25) is 0 Å². The lowest BCUT2D eigenvalue weighted by atomic mass is 10.1. The van der Waals surface area contributed by atoms with Gasteiger partial charge in [0, 0.05) is 31.3 Å². The minimum Gasteiger partial charge on any atom is -0.381 e. The molecule has 0 bridgehead atoms. The fraction of sp³-hybridized carbons (Fsp3) is 0.571. The molecule has 1 atom stereocenters. The number of nitrogens with zero attached hydrogens (tertiary/aromatic N) is 2. The molecule has 0 aromatic carbocycles. The number of aromatic nitrogens is 1. The topological polar surface area (TPSA) is 42.4 Å². The Bertz CT molecular complexity index is 470. The average molecular weight is 264 g/mol. The van der Waals surface area contributed by atoms with Crippen LogP contribution in [0.4, 0.5) is 4.39 Å². The third kappa shape index (κ3) is 2.76. The van der Waals surface area contributed by atoms with E-state index >= 15 is 0 Å². The SMILES string of the molecule is O=C(c1ccncc1F)N(CC1CCOC1)C1CC1. The molecule has 1 aromatic rings. The molecule has 102 valence electrons. The molecule has 2 fully saturated rings. The first kappa shape index (κ1) is 12.5. The number of ether oxygens (including phenoxy) is 1. The van der Waals surface area contributed by atoms with Crippen molar-refractivity contribution in [3.05, 3.63) is 29.8 Å². The minimum absolute atomic E-state index is 0.126. The molecule has 1 aliphatic heterocycles. The maximum Gasteiger partial charge on any atom is 0.257 e. The van der Waals surface area contributed by atoms with Crippen LogP contribution >= 0.6 is 0 Å². The monoisotopic (exact) mass is 264 g/mol. The third-order valence-corrected chi connectivity index (χ3v) is 3.73. The molecule has 0 radical (unpaired) electrons. The third-order valence-electron chi connectivity index (χ3n) is 3.73. The van der Waals surface area contributed by atoms with Crippen molar-refractivity contribution in [3.8, 4) is 0 Å². The lowest BCUT2D eigenvalue weighted by Gasteiger charge is -2.25. The molecule has 3 rings (SSSR count). The summed E-state index contributed by atoms with van der Waals surface area (Å²) in [5.74, 6) is -0.371. The molecule has 2 heterocycles. The van der Waals surface area contributed by atoms with Crippen molar-refractivity contribution in [2.45, 2.75) is 25.3 Å². The Balaban J connectivity index is 1.76. The van der Waals surface area contributed by atoms with Crippen LogP contribution in [0.25, 0.3) is 0 Å². The van der Waals surface area contributed by atoms with Crippen LogP contribution in [-0.4, -0.2) is 41.6 Å². The summed E-state index contributed by atoms with van der Waals surface area (Å²) in [7, 11) is 0. The number of rotatable bonds is 4. The number of amides is 1. The molecule has 1 aliphatic carbocycles. The second-order valence-electron chi connectivity index (χ2n) is 5.27. The van der Waals surface area contributed by atoms with Gasteiger partial charge in [-0.3, -0.25) is 9.78 Å². The van der Waals surface area contributed by atoms with Crippen molar-refractivity contribution in [1.29, 1.82) is 0 Å². The molecule has 1 saturated heterocycles. The quantitative estimate of drug-likeness (QED) is 0.833. The highest BCUT2D eigenvalue weighted by atomic mass is 19.1. The summed E-state index contributed by atoms with van der Waals surface area (Å²) in [5, 5.41) is 0. The van der Waals surface area contributed by atoms with Crippen LogP contribution < -0.4 is 0 Å². The number of carbonyl (C=O) groups is 1. The van der Waals surface area contributed by atoms with Crippen LogP contribution in [0.5, 0.6) is 0 Å². The van der Waals surface area contributed by atoms with E-state index in [0.29, 0.717) is 19.1 Å². The largest absolute Gasteiger partial charge is 0.381 e. The van der Waals surface area contributed by atoms with Crippen molar-refractivity contribution in [2.24, 2.45) is 5.92 Å². The Morgan fingerprint density at radius 2 is 2.32 bits per heavy atom. The van der Waals surface area contributed by atoms with Crippen LogP contribution in [0.3, 0.4) is 0 Å². The van der Waals surface area contributed by atoms with Gasteiger partial charge in [0.15, 0.2) is 5.82 Å². The molecule has 5 heteroatoms. The van der Waals surface area contributed by atoms with Crippen LogP contribution in [0, 0.1) is 11.7 Å². The standard InChI is InChI=1S/C14H17FN2O2/c15-13-7-16-5-3-12(13)14(18)17(11-1-2-11)8-10-4-6-19-9-10/h3,5,7,10-11H,1-2,4,6,8-9H2. The molecule has 4 nitrogen and oxygen atoms in total. The van der Waals surface area contributed by atoms with Crippen molar-refractivity contribution in [2.75, 3.05) is 19.8 Å². The first-order valence-corrected chi connectivity index (χ1v) is 6.74. The maximum absolute atomic E-state index is 13.7. The van der Waals surface area contributed by atoms with E-state index in [1.165, 1.54) is 12.3 Å². The Labute approximate surface area is 111 Å². The maximum atomic E-state index is 13.7. The Morgan fingerprint density at radius 3 is 2.95 bits per heavy atom. The highest BCUT2D eigenvalue weighted by Gasteiger charge is 2.35. The van der Waals surface area contributed by atoms with Gasteiger partial charge in [0.1, 0.15) is 0 Å². The summed E-state index contributed by atoms with van der Waals surface area (Å²) < 4.78 is 19.0. The molecule has 1 unspecified atom stereocenters. The van der Waals surface area contributed by atoms with E-state index in [4.69, 9.17) is 4.74 Å². The van der Waals surface area contributed by atoms with E-state index in [1.54, 1.807) is 0 Å². The Morgan fingerprint density at radius 1 is 1.47 bits per heavy atom. The molecule has 1 amide bonds. The van der Waals surface area contributed by atoms with Gasteiger partial charge in [-0.15, -0.1) is 0 Å². The van der Waals surface area contributed by atoms with E-state index in [2.05, 4.69) is 4.98 Å². The summed E-state index contributed by atoms with van der Waals surface area (Å²) in [4.78, 5) is 18.0. The van der Waals surface area contributed by atoms with Gasteiger partial charge in [0.05, 0.1) is 18.4 Å². The van der Waals surface area contributed by atoms with Crippen molar-refractivity contribution in [3.63, 3.8) is 0 Å². The van der Waals surface area contributed by atoms with Crippen LogP contribution in [-0.2, 0) is 4.74 Å². The van der Waals surface area contributed by atoms with Gasteiger partial charge in [0.25, 0.3) is 5.91 Å². The first-order valence-electron chi connectivity index (χ1n) is 6.74. The van der Waals surface area contributed by atoms with Gasteiger partial charge in [-0.1, -0.05) is 0 Å². The van der Waals surface area contributed by atoms with Crippen LogP contribution in [0.1, 0.15) is 29.6 Å². The van der Waals surface area contributed by atoms with E-state index < -0.39 is 5.82 Å². The smallest absolute Gasteiger partial charge is 0.257 e. The molecule has 1 saturated carbocycles. The molecule has 19 heavy (non-hydrogen) atoms. The zero-order valence-electron chi connectivity index (χ0n) is 10.7. The van der Waals surface area contributed by atoms with Crippen LogP contribution in [0.15, 0.2) is 18.5 Å². The second kappa shape index (κ2) is 5.25. The van der Waals surface area contributed by atoms with Gasteiger partial charge >= 0.3 is 0 Å².